The number of methoxy groups -OCH3 is 2. The van der Waals surface area contributed by atoms with E-state index in [0.29, 0.717) is 18.5 Å². The number of allylic oxidation sites excluding steroid dienone is 1. The number of benzene rings is 1. The van der Waals surface area contributed by atoms with E-state index >= 15 is 0 Å². The number of carbonyl (C=O) groups is 1. The van der Waals surface area contributed by atoms with Gasteiger partial charge in [0.2, 0.25) is 0 Å². The van der Waals surface area contributed by atoms with Gasteiger partial charge < -0.3 is 24.7 Å². The molecule has 212 valence electrons. The molecule has 0 aliphatic heterocycles. The molecular formula is C30H34F2N4O4. The van der Waals surface area contributed by atoms with Crippen LogP contribution in [0.4, 0.5) is 8.78 Å². The van der Waals surface area contributed by atoms with E-state index in [1.807, 2.05) is 38.1 Å². The fourth-order valence-electron chi connectivity index (χ4n) is 3.94. The zero-order chi connectivity index (χ0) is 29.1. The number of pyridine rings is 2. The van der Waals surface area contributed by atoms with Gasteiger partial charge in [-0.1, -0.05) is 36.8 Å². The lowest BCUT2D eigenvalue weighted by Crippen LogP contribution is -2.28. The maximum absolute atomic E-state index is 14.5. The standard InChI is InChI=1S/C30H34F2N4O4/c1-5-20(2)25(19-39-3)24(30(38)35-16-26-29(32)27(40-4)12-13-34-26)15-33-14-21-6-8-22(9-7-21)17-36-18-23(31)10-11-28(36)37/h6-13,15,18,33H,5,14,16-17,19H2,1-4H3,(H,35,38)/b24-15+,25-20+. The first-order chi connectivity index (χ1) is 19.3. The van der Waals surface area contributed by atoms with Crippen LogP contribution >= 0.6 is 0 Å². The summed E-state index contributed by atoms with van der Waals surface area (Å²) in [6.45, 7) is 4.68. The van der Waals surface area contributed by atoms with Gasteiger partial charge in [0.25, 0.3) is 11.5 Å². The number of amides is 1. The highest BCUT2D eigenvalue weighted by atomic mass is 19.1. The minimum Gasteiger partial charge on any atom is -0.494 e. The number of aromatic nitrogens is 2. The van der Waals surface area contributed by atoms with Gasteiger partial charge in [-0.3, -0.25) is 14.6 Å². The third-order valence-corrected chi connectivity index (χ3v) is 6.34. The summed E-state index contributed by atoms with van der Waals surface area (Å²) in [4.78, 5) is 29.3. The van der Waals surface area contributed by atoms with Crippen molar-refractivity contribution in [2.24, 2.45) is 0 Å². The Bertz CT molecular complexity index is 1430. The second-order valence-electron chi connectivity index (χ2n) is 9.07. The summed E-state index contributed by atoms with van der Waals surface area (Å²) in [5, 5.41) is 5.93. The van der Waals surface area contributed by atoms with E-state index in [2.05, 4.69) is 15.6 Å². The predicted octanol–water partition coefficient (Wildman–Crippen LogP) is 4.24. The molecule has 40 heavy (non-hydrogen) atoms. The second-order valence-corrected chi connectivity index (χ2v) is 9.07. The van der Waals surface area contributed by atoms with Gasteiger partial charge in [0, 0.05) is 44.4 Å². The van der Waals surface area contributed by atoms with Gasteiger partial charge in [0.1, 0.15) is 5.82 Å². The molecule has 0 bridgehead atoms. The van der Waals surface area contributed by atoms with E-state index in [4.69, 9.17) is 9.47 Å². The number of nitrogens with one attached hydrogen (secondary N) is 2. The molecule has 0 aliphatic carbocycles. The van der Waals surface area contributed by atoms with E-state index in [0.717, 1.165) is 28.3 Å². The molecule has 2 heterocycles. The van der Waals surface area contributed by atoms with E-state index in [-0.39, 0.29) is 36.7 Å². The Morgan fingerprint density at radius 3 is 2.45 bits per heavy atom. The summed E-state index contributed by atoms with van der Waals surface area (Å²) in [7, 11) is 2.92. The van der Waals surface area contributed by atoms with Crippen LogP contribution in [0, 0.1) is 11.6 Å². The maximum atomic E-state index is 14.5. The van der Waals surface area contributed by atoms with E-state index in [9.17, 15) is 18.4 Å². The van der Waals surface area contributed by atoms with Crippen molar-refractivity contribution in [1.82, 2.24) is 20.2 Å². The lowest BCUT2D eigenvalue weighted by Gasteiger charge is -2.16. The minimum absolute atomic E-state index is 0.0486. The minimum atomic E-state index is -0.628. The number of hydrogen-bond donors (Lipinski definition) is 2. The van der Waals surface area contributed by atoms with E-state index in [1.165, 1.54) is 36.2 Å². The van der Waals surface area contributed by atoms with Crippen molar-refractivity contribution in [1.29, 1.82) is 0 Å². The first kappa shape index (κ1) is 30.2. The third kappa shape index (κ3) is 8.09. The Balaban J connectivity index is 1.75. The second kappa shape index (κ2) is 14.7. The fraction of sp³-hybridized carbons (Fsp3) is 0.300. The SMILES string of the molecule is CC/C(C)=C(COC)/C(=C\NCc1ccc(Cn2cc(F)ccc2=O)cc1)C(=O)NCc1nccc(OC)c1F. The molecule has 0 atom stereocenters. The normalized spacial score (nSPS) is 12.1. The van der Waals surface area contributed by atoms with Gasteiger partial charge in [-0.15, -0.1) is 0 Å². The van der Waals surface area contributed by atoms with Crippen molar-refractivity contribution < 1.29 is 23.0 Å². The van der Waals surface area contributed by atoms with Crippen LogP contribution in [0.25, 0.3) is 0 Å². The molecule has 2 aromatic heterocycles. The number of carbonyl (C=O) groups excluding carboxylic acids is 1. The van der Waals surface area contributed by atoms with Crippen molar-refractivity contribution in [2.45, 2.75) is 39.9 Å². The Hall–Kier alpha value is -4.31. The number of rotatable bonds is 13. The average molecular weight is 553 g/mol. The van der Waals surface area contributed by atoms with Crippen molar-refractivity contribution >= 4 is 5.91 Å². The molecule has 0 saturated carbocycles. The number of ether oxygens (including phenoxy) is 2. The van der Waals surface area contributed by atoms with Gasteiger partial charge in [-0.2, -0.15) is 0 Å². The van der Waals surface area contributed by atoms with E-state index < -0.39 is 17.5 Å². The summed E-state index contributed by atoms with van der Waals surface area (Å²) >= 11 is 0. The summed E-state index contributed by atoms with van der Waals surface area (Å²) in [6, 6.07) is 11.2. The summed E-state index contributed by atoms with van der Waals surface area (Å²) < 4.78 is 39.7. The fourth-order valence-corrected chi connectivity index (χ4v) is 3.94. The average Bonchev–Trinajstić information content (AvgIpc) is 2.96. The lowest BCUT2D eigenvalue weighted by atomic mass is 9.99. The molecule has 1 aromatic carbocycles. The van der Waals surface area contributed by atoms with Crippen LogP contribution in [0.15, 0.2) is 82.6 Å². The molecular weight excluding hydrogens is 518 g/mol. The van der Waals surface area contributed by atoms with Crippen LogP contribution in [-0.4, -0.2) is 36.3 Å². The summed E-state index contributed by atoms with van der Waals surface area (Å²) in [6.07, 6.45) is 4.93. The molecule has 0 unspecified atom stereocenters. The van der Waals surface area contributed by atoms with Gasteiger partial charge in [-0.25, -0.2) is 8.78 Å². The van der Waals surface area contributed by atoms with Crippen molar-refractivity contribution in [3.05, 3.63) is 117 Å². The molecule has 0 fully saturated rings. The quantitative estimate of drug-likeness (QED) is 0.243. The molecule has 3 rings (SSSR count). The molecule has 1 amide bonds. The Morgan fingerprint density at radius 1 is 1.05 bits per heavy atom. The number of nitrogens with zero attached hydrogens (tertiary/aromatic N) is 2. The Labute approximate surface area is 232 Å². The molecule has 0 aliphatic rings. The van der Waals surface area contributed by atoms with Crippen LogP contribution < -0.4 is 20.9 Å². The predicted molar refractivity (Wildman–Crippen MR) is 149 cm³/mol. The molecule has 0 saturated heterocycles. The van der Waals surface area contributed by atoms with Crippen LogP contribution in [0.2, 0.25) is 0 Å². The summed E-state index contributed by atoms with van der Waals surface area (Å²) in [5.41, 5.74) is 3.62. The highest BCUT2D eigenvalue weighted by molar-refractivity contribution is 5.98. The first-order valence-electron chi connectivity index (χ1n) is 12.8. The number of halogens is 2. The Kier molecular flexibility index (Phi) is 11.1. The highest BCUT2D eigenvalue weighted by Gasteiger charge is 2.18. The highest BCUT2D eigenvalue weighted by Crippen LogP contribution is 2.20. The molecule has 0 radical (unpaired) electrons. The molecule has 10 heteroatoms. The van der Waals surface area contributed by atoms with Crippen molar-refractivity contribution in [2.75, 3.05) is 20.8 Å². The van der Waals surface area contributed by atoms with Gasteiger partial charge in [-0.05, 0) is 36.1 Å². The first-order valence-corrected chi connectivity index (χ1v) is 12.8. The van der Waals surface area contributed by atoms with Gasteiger partial charge in [0.15, 0.2) is 11.6 Å². The monoisotopic (exact) mass is 552 g/mol. The molecule has 2 N–H and O–H groups in total. The smallest absolute Gasteiger partial charge is 0.253 e. The lowest BCUT2D eigenvalue weighted by molar-refractivity contribution is -0.117. The van der Waals surface area contributed by atoms with Crippen LogP contribution in [0.3, 0.4) is 0 Å². The maximum Gasteiger partial charge on any atom is 0.253 e. The van der Waals surface area contributed by atoms with Gasteiger partial charge >= 0.3 is 0 Å². The van der Waals surface area contributed by atoms with Crippen LogP contribution in [-0.2, 0) is 29.2 Å². The van der Waals surface area contributed by atoms with Crippen LogP contribution in [0.1, 0.15) is 37.1 Å². The van der Waals surface area contributed by atoms with Crippen LogP contribution in [0.5, 0.6) is 5.75 Å². The largest absolute Gasteiger partial charge is 0.494 e. The third-order valence-electron chi connectivity index (χ3n) is 6.34. The zero-order valence-electron chi connectivity index (χ0n) is 23.1. The Morgan fingerprint density at radius 2 is 1.77 bits per heavy atom. The van der Waals surface area contributed by atoms with Crippen molar-refractivity contribution in [3.63, 3.8) is 0 Å². The van der Waals surface area contributed by atoms with Crippen molar-refractivity contribution in [3.8, 4) is 5.75 Å². The van der Waals surface area contributed by atoms with E-state index in [1.54, 1.807) is 13.3 Å². The zero-order valence-corrected chi connectivity index (χ0v) is 23.1. The topological polar surface area (TPSA) is 94.5 Å². The number of hydrogen-bond acceptors (Lipinski definition) is 6. The molecule has 3 aromatic rings. The van der Waals surface area contributed by atoms with Gasteiger partial charge in [0.05, 0.1) is 38.1 Å². The molecule has 8 nitrogen and oxygen atoms in total. The summed E-state index contributed by atoms with van der Waals surface area (Å²) in [5.74, 6) is -1.46. The molecule has 0 spiro atoms.